The van der Waals surface area contributed by atoms with Crippen LogP contribution in [-0.4, -0.2) is 12.6 Å². The van der Waals surface area contributed by atoms with Gasteiger partial charge >= 0.3 is 5.97 Å². The zero-order valence-corrected chi connectivity index (χ0v) is 9.30. The molecule has 0 fully saturated rings. The summed E-state index contributed by atoms with van der Waals surface area (Å²) < 4.78 is 5.16. The van der Waals surface area contributed by atoms with Crippen LogP contribution < -0.4 is 0 Å². The fourth-order valence-corrected chi connectivity index (χ4v) is 1.33. The zero-order chi connectivity index (χ0) is 10.3. The summed E-state index contributed by atoms with van der Waals surface area (Å²) in [6.07, 6.45) is 2.93. The van der Waals surface area contributed by atoms with Gasteiger partial charge in [-0.2, -0.15) is 0 Å². The third-order valence-corrected chi connectivity index (χ3v) is 2.29. The lowest BCUT2D eigenvalue weighted by Crippen LogP contribution is -2.22. The Morgan fingerprint density at radius 2 is 1.92 bits per heavy atom. The molecule has 1 unspecified atom stereocenters. The second-order valence-corrected chi connectivity index (χ2v) is 3.78. The van der Waals surface area contributed by atoms with Crippen LogP contribution in [0.4, 0.5) is 0 Å². The molecule has 0 N–H and O–H groups in total. The largest absolute Gasteiger partial charge is 0.465 e. The first-order chi connectivity index (χ1) is 6.13. The van der Waals surface area contributed by atoms with E-state index in [0.717, 1.165) is 19.3 Å². The highest BCUT2D eigenvalue weighted by Crippen LogP contribution is 2.16. The Bertz CT molecular complexity index is 141. The summed E-state index contributed by atoms with van der Waals surface area (Å²) in [4.78, 5) is 11.5. The Balaban J connectivity index is 3.78. The van der Waals surface area contributed by atoms with Gasteiger partial charge < -0.3 is 4.74 Å². The summed E-state index contributed by atoms with van der Waals surface area (Å²) in [5.41, 5.74) is 0. The van der Waals surface area contributed by atoms with Gasteiger partial charge in [0.1, 0.15) is 0 Å². The van der Waals surface area contributed by atoms with Gasteiger partial charge in [-0.05, 0) is 18.8 Å². The van der Waals surface area contributed by atoms with Crippen molar-refractivity contribution in [3.05, 3.63) is 0 Å². The number of unbranched alkanes of at least 4 members (excludes halogenated alkanes) is 1. The summed E-state index contributed by atoms with van der Waals surface area (Å²) in [5, 5.41) is 0. The normalized spacial score (nSPS) is 13.0. The lowest BCUT2D eigenvalue weighted by Gasteiger charge is -2.17. The van der Waals surface area contributed by atoms with Crippen molar-refractivity contribution in [2.24, 2.45) is 11.8 Å². The Labute approximate surface area is 81.7 Å². The first kappa shape index (κ1) is 12.5. The molecule has 0 aromatic heterocycles. The van der Waals surface area contributed by atoms with Crippen molar-refractivity contribution >= 4 is 5.97 Å². The van der Waals surface area contributed by atoms with E-state index in [4.69, 9.17) is 4.74 Å². The average Bonchev–Trinajstić information content (AvgIpc) is 2.05. The first-order valence-electron chi connectivity index (χ1n) is 5.30. The van der Waals surface area contributed by atoms with Gasteiger partial charge in [-0.1, -0.05) is 34.1 Å². The number of hydrogen-bond acceptors (Lipinski definition) is 2. The van der Waals surface area contributed by atoms with Crippen molar-refractivity contribution in [1.82, 2.24) is 0 Å². The van der Waals surface area contributed by atoms with Gasteiger partial charge in [-0.25, -0.2) is 0 Å². The molecule has 2 heteroatoms. The molecule has 2 nitrogen and oxygen atoms in total. The second kappa shape index (κ2) is 6.93. The molecule has 0 rings (SSSR count). The Morgan fingerprint density at radius 1 is 1.31 bits per heavy atom. The fraction of sp³-hybridized carbons (Fsp3) is 0.909. The first-order valence-corrected chi connectivity index (χ1v) is 5.30. The zero-order valence-electron chi connectivity index (χ0n) is 9.30. The van der Waals surface area contributed by atoms with E-state index in [9.17, 15) is 4.79 Å². The molecule has 0 amide bonds. The molecule has 0 saturated heterocycles. The minimum absolute atomic E-state index is 0.0223. The highest BCUT2D eigenvalue weighted by atomic mass is 16.5. The topological polar surface area (TPSA) is 26.3 Å². The molecule has 0 aliphatic heterocycles. The van der Waals surface area contributed by atoms with Gasteiger partial charge in [-0.3, -0.25) is 4.79 Å². The van der Waals surface area contributed by atoms with Crippen LogP contribution in [-0.2, 0) is 9.53 Å². The van der Waals surface area contributed by atoms with Gasteiger partial charge in [-0.15, -0.1) is 0 Å². The monoisotopic (exact) mass is 186 g/mol. The van der Waals surface area contributed by atoms with Crippen molar-refractivity contribution < 1.29 is 9.53 Å². The maximum atomic E-state index is 11.5. The number of hydrogen-bond donors (Lipinski definition) is 0. The van der Waals surface area contributed by atoms with Crippen LogP contribution in [0.3, 0.4) is 0 Å². The average molecular weight is 186 g/mol. The smallest absolute Gasteiger partial charge is 0.309 e. The summed E-state index contributed by atoms with van der Waals surface area (Å²) >= 11 is 0. The number of carbonyl (C=O) groups is 1. The third-order valence-electron chi connectivity index (χ3n) is 2.29. The van der Waals surface area contributed by atoms with Crippen LogP contribution >= 0.6 is 0 Å². The molecular weight excluding hydrogens is 164 g/mol. The van der Waals surface area contributed by atoms with Gasteiger partial charge in [0.25, 0.3) is 0 Å². The van der Waals surface area contributed by atoms with E-state index in [-0.39, 0.29) is 11.9 Å². The van der Waals surface area contributed by atoms with Crippen molar-refractivity contribution in [2.45, 2.75) is 47.0 Å². The minimum atomic E-state index is -0.0223. The molecule has 0 heterocycles. The molecule has 78 valence electrons. The Kier molecular flexibility index (Phi) is 6.65. The van der Waals surface area contributed by atoms with Crippen LogP contribution in [0.2, 0.25) is 0 Å². The van der Waals surface area contributed by atoms with Crippen molar-refractivity contribution in [1.29, 1.82) is 0 Å². The number of ether oxygens (including phenoxy) is 1. The SMILES string of the molecule is CCCCOC(=O)C(CC)C(C)C. The summed E-state index contributed by atoms with van der Waals surface area (Å²) in [7, 11) is 0. The number of carbonyl (C=O) groups excluding carboxylic acids is 1. The summed E-state index contributed by atoms with van der Waals surface area (Å²) in [6.45, 7) is 8.84. The molecule has 0 radical (unpaired) electrons. The van der Waals surface area contributed by atoms with Crippen LogP contribution in [0.25, 0.3) is 0 Å². The molecular formula is C11H22O2. The molecule has 13 heavy (non-hydrogen) atoms. The number of esters is 1. The lowest BCUT2D eigenvalue weighted by molar-refractivity contribution is -0.150. The summed E-state index contributed by atoms with van der Waals surface area (Å²) in [5.74, 6) is 0.446. The van der Waals surface area contributed by atoms with Crippen LogP contribution in [0, 0.1) is 11.8 Å². The molecule has 0 saturated carbocycles. The highest BCUT2D eigenvalue weighted by Gasteiger charge is 2.20. The quantitative estimate of drug-likeness (QED) is 0.471. The van der Waals surface area contributed by atoms with Gasteiger partial charge in [0.15, 0.2) is 0 Å². The van der Waals surface area contributed by atoms with E-state index in [2.05, 4.69) is 20.8 Å². The maximum absolute atomic E-state index is 11.5. The second-order valence-electron chi connectivity index (χ2n) is 3.78. The molecule has 0 aliphatic carbocycles. The molecule has 0 aliphatic rings. The minimum Gasteiger partial charge on any atom is -0.465 e. The van der Waals surface area contributed by atoms with E-state index in [1.54, 1.807) is 0 Å². The van der Waals surface area contributed by atoms with E-state index in [1.807, 2.05) is 6.92 Å². The van der Waals surface area contributed by atoms with E-state index in [1.165, 1.54) is 0 Å². The van der Waals surface area contributed by atoms with Crippen LogP contribution in [0.15, 0.2) is 0 Å². The third kappa shape index (κ3) is 4.91. The molecule has 1 atom stereocenters. The molecule has 0 aromatic rings. The van der Waals surface area contributed by atoms with E-state index >= 15 is 0 Å². The molecule has 0 spiro atoms. The van der Waals surface area contributed by atoms with E-state index < -0.39 is 0 Å². The van der Waals surface area contributed by atoms with Gasteiger partial charge in [0.2, 0.25) is 0 Å². The maximum Gasteiger partial charge on any atom is 0.309 e. The van der Waals surface area contributed by atoms with Crippen molar-refractivity contribution in [3.63, 3.8) is 0 Å². The van der Waals surface area contributed by atoms with Crippen molar-refractivity contribution in [2.75, 3.05) is 6.61 Å². The van der Waals surface area contributed by atoms with Crippen LogP contribution in [0.1, 0.15) is 47.0 Å². The van der Waals surface area contributed by atoms with Crippen LogP contribution in [0.5, 0.6) is 0 Å². The molecule has 0 bridgehead atoms. The fourth-order valence-electron chi connectivity index (χ4n) is 1.33. The van der Waals surface area contributed by atoms with Gasteiger partial charge in [0.05, 0.1) is 12.5 Å². The predicted molar refractivity (Wildman–Crippen MR) is 54.5 cm³/mol. The Hall–Kier alpha value is -0.530. The highest BCUT2D eigenvalue weighted by molar-refractivity contribution is 5.72. The molecule has 0 aromatic carbocycles. The Morgan fingerprint density at radius 3 is 2.31 bits per heavy atom. The van der Waals surface area contributed by atoms with Crippen molar-refractivity contribution in [3.8, 4) is 0 Å². The van der Waals surface area contributed by atoms with E-state index in [0.29, 0.717) is 12.5 Å². The summed E-state index contributed by atoms with van der Waals surface area (Å²) in [6, 6.07) is 0. The van der Waals surface area contributed by atoms with Gasteiger partial charge in [0, 0.05) is 0 Å². The lowest BCUT2D eigenvalue weighted by atomic mass is 9.93. The predicted octanol–water partition coefficient (Wildman–Crippen LogP) is 3.01. The number of rotatable bonds is 6. The standard InChI is InChI=1S/C11H22O2/c1-5-7-8-13-11(12)10(6-2)9(3)4/h9-10H,5-8H2,1-4H3.